The fourth-order valence-corrected chi connectivity index (χ4v) is 4.80. The van der Waals surface area contributed by atoms with Gasteiger partial charge in [0.15, 0.2) is 22.7 Å². The maximum Gasteiger partial charge on any atom is 0.263 e. The fraction of sp³-hybridized carbons (Fsp3) is 0.0417. The summed E-state index contributed by atoms with van der Waals surface area (Å²) in [6, 6.07) is 21.0. The molecule has 4 aromatic rings. The van der Waals surface area contributed by atoms with Crippen LogP contribution in [-0.2, 0) is 10.0 Å². The molecule has 4 rings (SSSR count). The topological polar surface area (TPSA) is 118 Å². The Morgan fingerprint density at radius 2 is 1.38 bits per heavy atom. The molecule has 1 aromatic heterocycles. The quantitative estimate of drug-likeness (QED) is 0.197. The Morgan fingerprint density at radius 1 is 0.824 bits per heavy atom. The van der Waals surface area contributed by atoms with Gasteiger partial charge >= 0.3 is 0 Å². The van der Waals surface area contributed by atoms with Crippen LogP contribution < -0.4 is 4.72 Å². The van der Waals surface area contributed by atoms with E-state index in [9.17, 15) is 18.0 Å². The summed E-state index contributed by atoms with van der Waals surface area (Å²) in [4.78, 5) is 30.0. The van der Waals surface area contributed by atoms with Crippen LogP contribution in [0.5, 0.6) is 0 Å². The first kappa shape index (κ1) is 23.1. The lowest BCUT2D eigenvalue weighted by molar-refractivity contribution is 0.0861. The number of thiazole rings is 1. The van der Waals surface area contributed by atoms with Gasteiger partial charge in [-0.3, -0.25) is 14.3 Å². The molecular weight excluding hydrogens is 472 g/mol. The zero-order chi connectivity index (χ0) is 24.0. The minimum Gasteiger partial charge on any atom is -0.291 e. The van der Waals surface area contributed by atoms with E-state index in [4.69, 9.17) is 0 Å². The lowest BCUT2D eigenvalue weighted by atomic mass is 9.97. The maximum absolute atomic E-state index is 13.1. The van der Waals surface area contributed by atoms with Gasteiger partial charge in [-0.2, -0.15) is 10.2 Å². The van der Waals surface area contributed by atoms with Gasteiger partial charge in [0.1, 0.15) is 0 Å². The minimum atomic E-state index is -3.81. The second-order valence-corrected chi connectivity index (χ2v) is 9.59. The second-order valence-electron chi connectivity index (χ2n) is 7.02. The summed E-state index contributed by atoms with van der Waals surface area (Å²) in [5.74, 6) is -0.963. The van der Waals surface area contributed by atoms with Crippen LogP contribution in [0, 0.1) is 0 Å². The van der Waals surface area contributed by atoms with Gasteiger partial charge in [0, 0.05) is 22.7 Å². The van der Waals surface area contributed by atoms with E-state index in [2.05, 4.69) is 19.9 Å². The number of rotatable bonds is 9. The molecule has 34 heavy (non-hydrogen) atoms. The van der Waals surface area contributed by atoms with Gasteiger partial charge in [0.05, 0.1) is 10.6 Å². The van der Waals surface area contributed by atoms with Crippen molar-refractivity contribution in [3.63, 3.8) is 0 Å². The van der Waals surface area contributed by atoms with Crippen LogP contribution >= 0.6 is 11.3 Å². The highest BCUT2D eigenvalue weighted by Crippen LogP contribution is 2.22. The summed E-state index contributed by atoms with van der Waals surface area (Å²) in [5, 5.41) is 10.0. The molecule has 0 saturated carbocycles. The first-order valence-electron chi connectivity index (χ1n) is 10.1. The van der Waals surface area contributed by atoms with Crippen molar-refractivity contribution >= 4 is 43.7 Å². The van der Waals surface area contributed by atoms with Crippen molar-refractivity contribution in [3.8, 4) is 0 Å². The van der Waals surface area contributed by atoms with Gasteiger partial charge in [-0.05, 0) is 24.3 Å². The molecule has 0 amide bonds. The van der Waals surface area contributed by atoms with Crippen LogP contribution in [0.15, 0.2) is 112 Å². The third kappa shape index (κ3) is 5.48. The summed E-state index contributed by atoms with van der Waals surface area (Å²) >= 11 is 1.16. The predicted molar refractivity (Wildman–Crippen MR) is 129 cm³/mol. The number of Topliss-reactive ketones (excluding diaryl/α,β-unsaturated/α-hetero) is 2. The number of azo groups is 1. The Morgan fingerprint density at radius 3 is 1.88 bits per heavy atom. The van der Waals surface area contributed by atoms with E-state index in [1.165, 1.54) is 30.5 Å². The smallest absolute Gasteiger partial charge is 0.263 e. The van der Waals surface area contributed by atoms with Crippen molar-refractivity contribution in [2.75, 3.05) is 4.72 Å². The SMILES string of the molecule is O=C(c1ccccc1)C(N=Nc1ccc(S(=O)(=O)Nc2nccs2)cc1)C(=O)c1ccccc1. The molecule has 0 aliphatic rings. The molecule has 170 valence electrons. The third-order valence-corrected chi connectivity index (χ3v) is 6.88. The Bertz CT molecular complexity index is 1350. The normalized spacial score (nSPS) is 11.6. The molecule has 10 heteroatoms. The van der Waals surface area contributed by atoms with E-state index < -0.39 is 27.6 Å². The number of sulfonamides is 1. The zero-order valence-corrected chi connectivity index (χ0v) is 19.2. The number of aromatic nitrogens is 1. The molecule has 0 fully saturated rings. The number of nitrogens with one attached hydrogen (secondary N) is 1. The van der Waals surface area contributed by atoms with Crippen LogP contribution in [0.2, 0.25) is 0 Å². The van der Waals surface area contributed by atoms with Gasteiger partial charge < -0.3 is 0 Å². The van der Waals surface area contributed by atoms with Crippen molar-refractivity contribution in [3.05, 3.63) is 108 Å². The second kappa shape index (κ2) is 10.3. The van der Waals surface area contributed by atoms with Crippen LogP contribution in [0.25, 0.3) is 0 Å². The molecule has 1 heterocycles. The van der Waals surface area contributed by atoms with Gasteiger partial charge in [-0.1, -0.05) is 60.7 Å². The van der Waals surface area contributed by atoms with Crippen molar-refractivity contribution in [2.24, 2.45) is 10.2 Å². The van der Waals surface area contributed by atoms with E-state index in [1.807, 2.05) is 0 Å². The van der Waals surface area contributed by atoms with Gasteiger partial charge in [-0.25, -0.2) is 13.4 Å². The minimum absolute atomic E-state index is 0.0129. The third-order valence-electron chi connectivity index (χ3n) is 4.70. The van der Waals surface area contributed by atoms with Crippen molar-refractivity contribution in [1.82, 2.24) is 4.98 Å². The number of carbonyl (C=O) groups is 2. The summed E-state index contributed by atoms with van der Waals surface area (Å²) in [6.45, 7) is 0. The lowest BCUT2D eigenvalue weighted by Crippen LogP contribution is -2.28. The lowest BCUT2D eigenvalue weighted by Gasteiger charge is -2.10. The van der Waals surface area contributed by atoms with E-state index >= 15 is 0 Å². The standard InChI is InChI=1S/C24H18N4O4S2/c29-22(17-7-3-1-4-8-17)21(23(30)18-9-5-2-6-10-18)27-26-19-11-13-20(14-12-19)34(31,32)28-24-25-15-16-33-24/h1-16,21H,(H,25,28). The van der Waals surface area contributed by atoms with Crippen molar-refractivity contribution in [1.29, 1.82) is 0 Å². The first-order valence-corrected chi connectivity index (χ1v) is 12.4. The van der Waals surface area contributed by atoms with E-state index in [-0.39, 0.29) is 10.0 Å². The molecule has 0 spiro atoms. The predicted octanol–water partition coefficient (Wildman–Crippen LogP) is 5.16. The first-order chi connectivity index (χ1) is 16.4. The zero-order valence-electron chi connectivity index (χ0n) is 17.6. The highest BCUT2D eigenvalue weighted by Gasteiger charge is 2.28. The molecule has 3 aromatic carbocycles. The Labute approximate surface area is 200 Å². The van der Waals surface area contributed by atoms with E-state index in [1.54, 1.807) is 66.0 Å². The monoisotopic (exact) mass is 490 g/mol. The Kier molecular flexibility index (Phi) is 7.00. The van der Waals surface area contributed by atoms with E-state index in [0.29, 0.717) is 16.8 Å². The summed E-state index contributed by atoms with van der Waals surface area (Å²) in [5.41, 5.74) is 0.968. The highest BCUT2D eigenvalue weighted by atomic mass is 32.2. The molecule has 0 aliphatic carbocycles. The Balaban J connectivity index is 1.58. The van der Waals surface area contributed by atoms with Crippen molar-refractivity contribution in [2.45, 2.75) is 10.9 Å². The molecule has 0 unspecified atom stereocenters. The number of nitrogens with zero attached hydrogens (tertiary/aromatic N) is 3. The number of benzene rings is 3. The summed E-state index contributed by atoms with van der Waals surface area (Å²) < 4.78 is 27.3. The highest BCUT2D eigenvalue weighted by molar-refractivity contribution is 7.93. The number of anilines is 1. The van der Waals surface area contributed by atoms with E-state index in [0.717, 1.165) is 11.3 Å². The maximum atomic E-state index is 13.1. The number of hydrogen-bond acceptors (Lipinski definition) is 8. The number of hydrogen-bond donors (Lipinski definition) is 1. The molecule has 8 nitrogen and oxygen atoms in total. The molecule has 0 radical (unpaired) electrons. The number of carbonyl (C=O) groups excluding carboxylic acids is 2. The number of ketones is 2. The largest absolute Gasteiger partial charge is 0.291 e. The molecule has 0 bridgehead atoms. The van der Waals surface area contributed by atoms with Crippen molar-refractivity contribution < 1.29 is 18.0 Å². The molecule has 0 aliphatic heterocycles. The fourth-order valence-electron chi connectivity index (χ4n) is 3.01. The average molecular weight is 491 g/mol. The van der Waals surface area contributed by atoms with Gasteiger partial charge in [0.2, 0.25) is 0 Å². The van der Waals surface area contributed by atoms with Crippen LogP contribution in [-0.4, -0.2) is 31.0 Å². The average Bonchev–Trinajstić information content (AvgIpc) is 3.37. The van der Waals surface area contributed by atoms with Crippen LogP contribution in [0.4, 0.5) is 10.8 Å². The van der Waals surface area contributed by atoms with Crippen LogP contribution in [0.1, 0.15) is 20.7 Å². The molecule has 0 atom stereocenters. The van der Waals surface area contributed by atoms with Gasteiger partial charge in [0.25, 0.3) is 10.0 Å². The Hall–Kier alpha value is -4.02. The molecule has 1 N–H and O–H groups in total. The molecular formula is C24H18N4O4S2. The van der Waals surface area contributed by atoms with Gasteiger partial charge in [-0.15, -0.1) is 11.3 Å². The molecule has 0 saturated heterocycles. The summed E-state index contributed by atoms with van der Waals surface area (Å²) in [6.07, 6.45) is 1.50. The van der Waals surface area contributed by atoms with Crippen LogP contribution in [0.3, 0.4) is 0 Å². The summed E-state index contributed by atoms with van der Waals surface area (Å²) in [7, 11) is -3.81.